The molecule has 2 heterocycles. The lowest BCUT2D eigenvalue weighted by Gasteiger charge is -2.23. The second kappa shape index (κ2) is 4.73. The molecule has 11 heavy (non-hydrogen) atoms. The topological polar surface area (TPSA) is 18.5 Å². The van der Waals surface area contributed by atoms with E-state index < -0.39 is 0 Å². The van der Waals surface area contributed by atoms with Gasteiger partial charge in [0.05, 0.1) is 6.61 Å². The number of fused-ring (bicyclic) bond motifs is 1. The van der Waals surface area contributed by atoms with E-state index in [1.54, 1.807) is 0 Å². The summed E-state index contributed by atoms with van der Waals surface area (Å²) >= 11 is 0. The maximum Gasteiger partial charge on any atom is 0.160 e. The van der Waals surface area contributed by atoms with Crippen molar-refractivity contribution >= 4 is 0 Å². The Kier molecular flexibility index (Phi) is 3.87. The van der Waals surface area contributed by atoms with Crippen LogP contribution in [0, 0.1) is 5.92 Å². The third-order valence-corrected chi connectivity index (χ3v) is 2.16. The summed E-state index contributed by atoms with van der Waals surface area (Å²) in [5.74, 6) is 0.721. The van der Waals surface area contributed by atoms with E-state index in [1.165, 1.54) is 19.3 Å². The molecule has 0 saturated carbocycles. The lowest BCUT2D eigenvalue weighted by molar-refractivity contribution is -0.150. The van der Waals surface area contributed by atoms with Crippen LogP contribution in [-0.2, 0) is 9.47 Å². The first-order valence-corrected chi connectivity index (χ1v) is 4.70. The highest BCUT2D eigenvalue weighted by Gasteiger charge is 2.31. The van der Waals surface area contributed by atoms with Crippen molar-refractivity contribution in [3.8, 4) is 0 Å². The Morgan fingerprint density at radius 1 is 1.00 bits per heavy atom. The highest BCUT2D eigenvalue weighted by atomic mass is 16.7. The van der Waals surface area contributed by atoms with E-state index >= 15 is 0 Å². The number of hydrogen-bond acceptors (Lipinski definition) is 2. The molecule has 0 N–H and O–H groups in total. The van der Waals surface area contributed by atoms with E-state index in [4.69, 9.17) is 9.47 Å². The molecule has 0 aromatic heterocycles. The van der Waals surface area contributed by atoms with Crippen LogP contribution in [-0.4, -0.2) is 19.5 Å². The maximum atomic E-state index is 5.38. The molecular formula is C9H18O2. The fraction of sp³-hybridized carbons (Fsp3) is 1.00. The molecule has 2 atom stereocenters. The van der Waals surface area contributed by atoms with E-state index in [2.05, 4.69) is 0 Å². The fourth-order valence-corrected chi connectivity index (χ4v) is 1.62. The normalized spacial score (nSPS) is 35.5. The van der Waals surface area contributed by atoms with Gasteiger partial charge in [-0.25, -0.2) is 0 Å². The minimum Gasteiger partial charge on any atom is -0.352 e. The highest BCUT2D eigenvalue weighted by molar-refractivity contribution is 4.72. The summed E-state index contributed by atoms with van der Waals surface area (Å²) in [5.41, 5.74) is 0. The van der Waals surface area contributed by atoms with Gasteiger partial charge in [0.1, 0.15) is 0 Å². The van der Waals surface area contributed by atoms with Crippen LogP contribution in [0.25, 0.3) is 0 Å². The van der Waals surface area contributed by atoms with Gasteiger partial charge in [0.2, 0.25) is 0 Å². The first kappa shape index (κ1) is 9.01. The Bertz CT molecular complexity index is 91.7. The third-order valence-electron chi connectivity index (χ3n) is 2.16. The number of rotatable bonds is 0. The molecule has 0 aliphatic carbocycles. The molecule has 0 bridgehead atoms. The van der Waals surface area contributed by atoms with Gasteiger partial charge in [-0.2, -0.15) is 0 Å². The molecule has 2 unspecified atom stereocenters. The molecule has 0 spiro atoms. The summed E-state index contributed by atoms with van der Waals surface area (Å²) in [6, 6.07) is 0. The van der Waals surface area contributed by atoms with Crippen LogP contribution >= 0.6 is 0 Å². The Morgan fingerprint density at radius 3 is 2.45 bits per heavy atom. The Balaban J connectivity index is 0.000000281. The van der Waals surface area contributed by atoms with Crippen LogP contribution < -0.4 is 0 Å². The molecular weight excluding hydrogens is 140 g/mol. The van der Waals surface area contributed by atoms with Crippen LogP contribution in [0.4, 0.5) is 0 Å². The predicted molar refractivity (Wildman–Crippen MR) is 44.4 cm³/mol. The van der Waals surface area contributed by atoms with Gasteiger partial charge < -0.3 is 9.47 Å². The summed E-state index contributed by atoms with van der Waals surface area (Å²) in [7, 11) is 0. The van der Waals surface area contributed by atoms with Crippen molar-refractivity contribution in [3.63, 3.8) is 0 Å². The van der Waals surface area contributed by atoms with Gasteiger partial charge >= 0.3 is 0 Å². The first-order valence-electron chi connectivity index (χ1n) is 4.70. The molecule has 2 rings (SSSR count). The van der Waals surface area contributed by atoms with Crippen molar-refractivity contribution in [3.05, 3.63) is 0 Å². The molecule has 2 aliphatic rings. The molecule has 0 aromatic rings. The van der Waals surface area contributed by atoms with Gasteiger partial charge in [-0.05, 0) is 19.3 Å². The molecule has 66 valence electrons. The molecule has 2 saturated heterocycles. The zero-order valence-corrected chi connectivity index (χ0v) is 7.51. The van der Waals surface area contributed by atoms with Gasteiger partial charge in [-0.1, -0.05) is 13.8 Å². The third kappa shape index (κ3) is 2.17. The zero-order valence-electron chi connectivity index (χ0n) is 7.51. The summed E-state index contributed by atoms with van der Waals surface area (Å²) in [6.07, 6.45) is 3.92. The van der Waals surface area contributed by atoms with Gasteiger partial charge in [-0.3, -0.25) is 0 Å². The van der Waals surface area contributed by atoms with Crippen LogP contribution in [0.15, 0.2) is 0 Å². The molecule has 2 fully saturated rings. The highest BCUT2D eigenvalue weighted by Crippen LogP contribution is 2.29. The van der Waals surface area contributed by atoms with Crippen molar-refractivity contribution in [1.82, 2.24) is 0 Å². The number of ether oxygens (including phenoxy) is 2. The molecule has 0 aromatic carbocycles. The van der Waals surface area contributed by atoms with E-state index in [9.17, 15) is 0 Å². The molecule has 2 nitrogen and oxygen atoms in total. The summed E-state index contributed by atoms with van der Waals surface area (Å²) in [6.45, 7) is 5.82. The van der Waals surface area contributed by atoms with Crippen LogP contribution in [0.2, 0.25) is 0 Å². The lowest BCUT2D eigenvalue weighted by Crippen LogP contribution is -2.25. The molecule has 2 heteroatoms. The van der Waals surface area contributed by atoms with E-state index in [0.717, 1.165) is 19.1 Å². The molecule has 0 radical (unpaired) electrons. The fourth-order valence-electron chi connectivity index (χ4n) is 1.62. The average Bonchev–Trinajstić information content (AvgIpc) is 2.55. The SMILES string of the molecule is C1COC2OCCC2C1.CC. The van der Waals surface area contributed by atoms with Crippen LogP contribution in [0.5, 0.6) is 0 Å². The first-order chi connectivity index (χ1) is 5.47. The van der Waals surface area contributed by atoms with Crippen molar-refractivity contribution < 1.29 is 9.47 Å². The van der Waals surface area contributed by atoms with Gasteiger partial charge in [0.15, 0.2) is 6.29 Å². The van der Waals surface area contributed by atoms with Crippen LogP contribution in [0.1, 0.15) is 33.1 Å². The van der Waals surface area contributed by atoms with Crippen LogP contribution in [0.3, 0.4) is 0 Å². The minimum absolute atomic E-state index is 0.166. The maximum absolute atomic E-state index is 5.38. The summed E-state index contributed by atoms with van der Waals surface area (Å²) in [4.78, 5) is 0. The lowest BCUT2D eigenvalue weighted by atomic mass is 10.00. The van der Waals surface area contributed by atoms with Gasteiger partial charge in [0, 0.05) is 12.5 Å². The monoisotopic (exact) mass is 158 g/mol. The predicted octanol–water partition coefficient (Wildman–Crippen LogP) is 2.19. The smallest absolute Gasteiger partial charge is 0.160 e. The minimum atomic E-state index is 0.166. The van der Waals surface area contributed by atoms with Crippen molar-refractivity contribution in [1.29, 1.82) is 0 Å². The van der Waals surface area contributed by atoms with Gasteiger partial charge in [-0.15, -0.1) is 0 Å². The van der Waals surface area contributed by atoms with Crippen molar-refractivity contribution in [2.24, 2.45) is 5.92 Å². The Morgan fingerprint density at radius 2 is 1.73 bits per heavy atom. The quantitative estimate of drug-likeness (QED) is 0.538. The summed E-state index contributed by atoms with van der Waals surface area (Å²) in [5, 5.41) is 0. The van der Waals surface area contributed by atoms with Gasteiger partial charge in [0.25, 0.3) is 0 Å². The van der Waals surface area contributed by atoms with Crippen molar-refractivity contribution in [2.45, 2.75) is 39.4 Å². The average molecular weight is 158 g/mol. The largest absolute Gasteiger partial charge is 0.352 e. The molecule has 2 aliphatic heterocycles. The Labute approximate surface area is 68.9 Å². The zero-order chi connectivity index (χ0) is 8.10. The Hall–Kier alpha value is -0.0800. The van der Waals surface area contributed by atoms with E-state index in [-0.39, 0.29) is 6.29 Å². The van der Waals surface area contributed by atoms with E-state index in [0.29, 0.717) is 0 Å². The summed E-state index contributed by atoms with van der Waals surface area (Å²) < 4.78 is 10.7. The second-order valence-corrected chi connectivity index (χ2v) is 2.80. The van der Waals surface area contributed by atoms with E-state index in [1.807, 2.05) is 13.8 Å². The molecule has 0 amide bonds. The van der Waals surface area contributed by atoms with Crippen molar-refractivity contribution in [2.75, 3.05) is 13.2 Å². The standard InChI is InChI=1S/C7H12O2.C2H6/c1-2-6-3-5-9-7(6)8-4-1;1-2/h6-7H,1-5H2;1-2H3. The second-order valence-electron chi connectivity index (χ2n) is 2.80. The number of hydrogen-bond donors (Lipinski definition) is 0.